The highest BCUT2D eigenvalue weighted by Crippen LogP contribution is 1.96. The largest absolute Gasteiger partial charge is 0.483 e. The molecule has 5 nitrogen and oxygen atoms in total. The quantitative estimate of drug-likeness (QED) is 0.658. The molecule has 0 aliphatic carbocycles. The van der Waals surface area contributed by atoms with Gasteiger partial charge in [-0.15, -0.1) is 0 Å². The van der Waals surface area contributed by atoms with E-state index >= 15 is 0 Å². The fourth-order valence-corrected chi connectivity index (χ4v) is 1.35. The van der Waals surface area contributed by atoms with Crippen LogP contribution in [0.25, 0.3) is 0 Å². The minimum atomic E-state index is -0.879. The first kappa shape index (κ1) is 23.8. The summed E-state index contributed by atoms with van der Waals surface area (Å²) in [6.07, 6.45) is 0. The van der Waals surface area contributed by atoms with Crippen molar-refractivity contribution in [1.29, 1.82) is 0 Å². The van der Waals surface area contributed by atoms with Gasteiger partial charge < -0.3 is 15.7 Å². The summed E-state index contributed by atoms with van der Waals surface area (Å²) < 4.78 is 0. The highest BCUT2D eigenvalue weighted by molar-refractivity contribution is 5.87. The normalized spacial score (nSPS) is 7.52. The number of benzene rings is 3. The van der Waals surface area contributed by atoms with E-state index in [2.05, 4.69) is 0 Å². The van der Waals surface area contributed by atoms with Crippen LogP contribution in [0.15, 0.2) is 103 Å². The number of rotatable bonds is 1. The summed E-state index contributed by atoms with van der Waals surface area (Å²) in [5, 5.41) is 15.3. The average molecular weight is 342 g/mol. The van der Waals surface area contributed by atoms with Gasteiger partial charge in [0.2, 0.25) is 0 Å². The highest BCUT2D eigenvalue weighted by atomic mass is 16.4. The lowest BCUT2D eigenvalue weighted by molar-refractivity contribution is -0.122. The van der Waals surface area contributed by atoms with Crippen LogP contribution in [0, 0.1) is 0 Å². The lowest BCUT2D eigenvalue weighted by Gasteiger charge is -1.88. The van der Waals surface area contributed by atoms with E-state index in [1.165, 1.54) is 0 Å². The van der Waals surface area contributed by atoms with Crippen molar-refractivity contribution in [3.05, 3.63) is 109 Å². The summed E-state index contributed by atoms with van der Waals surface area (Å²) in [5.41, 5.74) is 0.331. The molecule has 0 aliphatic heterocycles. The Bertz CT molecular complexity index is 543. The first-order valence-corrected chi connectivity index (χ1v) is 7.08. The van der Waals surface area contributed by atoms with Crippen LogP contribution >= 0.6 is 0 Å². The van der Waals surface area contributed by atoms with Gasteiger partial charge in [0.25, 0.3) is 6.47 Å². The lowest BCUT2D eigenvalue weighted by Crippen LogP contribution is -1.93. The second kappa shape index (κ2) is 18.6. The Morgan fingerprint density at radius 1 is 0.640 bits per heavy atom. The number of carboxylic acid groups (broad SMARTS) is 2. The second-order valence-electron chi connectivity index (χ2n) is 4.09. The van der Waals surface area contributed by atoms with Crippen molar-refractivity contribution in [2.75, 3.05) is 0 Å². The standard InChI is InChI=1S/C7H6O2.2C6H6.CH2O2.H2O/c8-7(9)6-4-2-1-3-5-6;2*1-2-4-6-5-3-1;2-1-3;/h1-5H,(H,8,9);2*1-6H;1H,(H,2,3);1H2. The topological polar surface area (TPSA) is 106 Å². The van der Waals surface area contributed by atoms with Gasteiger partial charge in [-0.25, -0.2) is 4.79 Å². The van der Waals surface area contributed by atoms with Crippen molar-refractivity contribution in [3.8, 4) is 0 Å². The number of aromatic carboxylic acids is 1. The summed E-state index contributed by atoms with van der Waals surface area (Å²) in [6.45, 7) is -0.250. The first-order chi connectivity index (χ1) is 11.7. The van der Waals surface area contributed by atoms with Crippen LogP contribution in [0.3, 0.4) is 0 Å². The molecule has 5 heteroatoms. The van der Waals surface area contributed by atoms with Gasteiger partial charge in [-0.3, -0.25) is 4.79 Å². The van der Waals surface area contributed by atoms with Crippen molar-refractivity contribution in [2.24, 2.45) is 0 Å². The van der Waals surface area contributed by atoms with Gasteiger partial charge in [0.1, 0.15) is 0 Å². The molecule has 0 radical (unpaired) electrons. The molecule has 3 aromatic carbocycles. The molecule has 132 valence electrons. The van der Waals surface area contributed by atoms with E-state index in [-0.39, 0.29) is 11.9 Å². The van der Waals surface area contributed by atoms with Gasteiger partial charge >= 0.3 is 5.97 Å². The van der Waals surface area contributed by atoms with E-state index in [1.807, 2.05) is 72.8 Å². The van der Waals surface area contributed by atoms with Crippen LogP contribution in [0.5, 0.6) is 0 Å². The summed E-state index contributed by atoms with van der Waals surface area (Å²) >= 11 is 0. The average Bonchev–Trinajstić information content (AvgIpc) is 2.67. The molecule has 0 spiro atoms. The van der Waals surface area contributed by atoms with E-state index in [4.69, 9.17) is 15.0 Å². The fraction of sp³-hybridized carbons (Fsp3) is 0. The predicted molar refractivity (Wildman–Crippen MR) is 98.6 cm³/mol. The lowest BCUT2D eigenvalue weighted by atomic mass is 10.2. The Morgan fingerprint density at radius 3 is 1.00 bits per heavy atom. The van der Waals surface area contributed by atoms with Crippen LogP contribution in [-0.4, -0.2) is 28.1 Å². The third-order valence-corrected chi connectivity index (χ3v) is 2.35. The van der Waals surface area contributed by atoms with Crippen LogP contribution in [0.2, 0.25) is 0 Å². The fourth-order valence-electron chi connectivity index (χ4n) is 1.35. The molecule has 3 rings (SSSR count). The minimum absolute atomic E-state index is 0. The van der Waals surface area contributed by atoms with Gasteiger partial charge in [-0.2, -0.15) is 0 Å². The van der Waals surface area contributed by atoms with E-state index in [0.717, 1.165) is 0 Å². The number of hydrogen-bond donors (Lipinski definition) is 2. The van der Waals surface area contributed by atoms with Gasteiger partial charge in [0, 0.05) is 0 Å². The summed E-state index contributed by atoms with van der Waals surface area (Å²) in [7, 11) is 0. The molecule has 0 bridgehead atoms. The number of carboxylic acids is 1. The molecule has 4 N–H and O–H groups in total. The minimum Gasteiger partial charge on any atom is -0.483 e. The predicted octanol–water partition coefficient (Wildman–Crippen LogP) is 3.63. The molecule has 0 aliphatic rings. The highest BCUT2D eigenvalue weighted by Gasteiger charge is 1.96. The second-order valence-corrected chi connectivity index (χ2v) is 4.09. The first-order valence-electron chi connectivity index (χ1n) is 7.08. The van der Waals surface area contributed by atoms with Gasteiger partial charge in [-0.1, -0.05) is 91.0 Å². The van der Waals surface area contributed by atoms with Crippen molar-refractivity contribution >= 4 is 12.4 Å². The van der Waals surface area contributed by atoms with Crippen LogP contribution in [0.1, 0.15) is 10.4 Å². The molecule has 0 saturated carbocycles. The Kier molecular flexibility index (Phi) is 17.7. The van der Waals surface area contributed by atoms with Crippen molar-refractivity contribution in [2.45, 2.75) is 0 Å². The Hall–Kier alpha value is -3.44. The van der Waals surface area contributed by atoms with Gasteiger partial charge in [0.15, 0.2) is 0 Å². The van der Waals surface area contributed by atoms with Crippen LogP contribution < -0.4 is 0 Å². The summed E-state index contributed by atoms with van der Waals surface area (Å²) in [6, 6.07) is 32.3. The molecule has 0 saturated heterocycles. The molecule has 0 amide bonds. The number of hydrogen-bond acceptors (Lipinski definition) is 2. The molecular weight excluding hydrogens is 320 g/mol. The monoisotopic (exact) mass is 342 g/mol. The van der Waals surface area contributed by atoms with Crippen LogP contribution in [-0.2, 0) is 4.79 Å². The SMILES string of the molecule is O.O=C(O)c1ccccc1.O=CO.c1ccccc1.c1ccccc1. The summed E-state index contributed by atoms with van der Waals surface area (Å²) in [5.74, 6) is -0.879. The van der Waals surface area contributed by atoms with Gasteiger partial charge in [0.05, 0.1) is 5.56 Å². The van der Waals surface area contributed by atoms with Crippen molar-refractivity contribution < 1.29 is 25.3 Å². The summed E-state index contributed by atoms with van der Waals surface area (Å²) in [4.78, 5) is 18.6. The molecular formula is C20H22O5. The zero-order valence-electron chi connectivity index (χ0n) is 13.6. The number of carbonyl (C=O) groups is 2. The van der Waals surface area contributed by atoms with E-state index in [0.29, 0.717) is 5.56 Å². The molecule has 0 unspecified atom stereocenters. The maximum absolute atomic E-state index is 10.2. The third-order valence-electron chi connectivity index (χ3n) is 2.35. The Balaban J connectivity index is 0. The van der Waals surface area contributed by atoms with E-state index in [9.17, 15) is 4.79 Å². The van der Waals surface area contributed by atoms with E-state index < -0.39 is 5.97 Å². The Labute approximate surface area is 147 Å². The van der Waals surface area contributed by atoms with E-state index in [1.54, 1.807) is 30.3 Å². The molecule has 0 fully saturated rings. The zero-order valence-corrected chi connectivity index (χ0v) is 13.6. The maximum atomic E-state index is 10.2. The molecule has 0 heterocycles. The Morgan fingerprint density at radius 2 is 0.840 bits per heavy atom. The van der Waals surface area contributed by atoms with Crippen LogP contribution in [0.4, 0.5) is 0 Å². The molecule has 0 aromatic heterocycles. The van der Waals surface area contributed by atoms with Crippen molar-refractivity contribution in [1.82, 2.24) is 0 Å². The third kappa shape index (κ3) is 16.8. The maximum Gasteiger partial charge on any atom is 0.335 e. The zero-order chi connectivity index (χ0) is 17.9. The molecule has 25 heavy (non-hydrogen) atoms. The molecule has 0 atom stereocenters. The smallest absolute Gasteiger partial charge is 0.335 e. The van der Waals surface area contributed by atoms with Gasteiger partial charge in [-0.05, 0) is 12.1 Å². The molecule has 3 aromatic rings. The van der Waals surface area contributed by atoms with Crippen molar-refractivity contribution in [3.63, 3.8) is 0 Å².